The summed E-state index contributed by atoms with van der Waals surface area (Å²) in [6.07, 6.45) is -0.995. The van der Waals surface area contributed by atoms with E-state index in [4.69, 9.17) is 0 Å². The fourth-order valence-corrected chi connectivity index (χ4v) is 4.68. The molecule has 11 heteroatoms. The van der Waals surface area contributed by atoms with Gasteiger partial charge in [-0.3, -0.25) is 0 Å². The summed E-state index contributed by atoms with van der Waals surface area (Å²) >= 11 is 1.11. The molecule has 0 aromatic carbocycles. The number of rotatable bonds is 6. The number of pyridine rings is 1. The molecule has 0 saturated heterocycles. The van der Waals surface area contributed by atoms with Crippen molar-refractivity contribution in [2.45, 2.75) is 44.8 Å². The number of anilines is 1. The average Bonchev–Trinajstić information content (AvgIpc) is 3.02. The van der Waals surface area contributed by atoms with E-state index in [2.05, 4.69) is 20.0 Å². The van der Waals surface area contributed by atoms with Crippen LogP contribution in [0.5, 0.6) is 0 Å². The molecule has 1 fully saturated rings. The van der Waals surface area contributed by atoms with Crippen LogP contribution in [0.2, 0.25) is 0 Å². The molecule has 150 valence electrons. The van der Waals surface area contributed by atoms with Gasteiger partial charge in [0.25, 0.3) is 0 Å². The minimum Gasteiger partial charge on any atom is -0.359 e. The largest absolute Gasteiger partial charge is 0.433 e. The van der Waals surface area contributed by atoms with E-state index in [0.717, 1.165) is 43.1 Å². The van der Waals surface area contributed by atoms with Crippen LogP contribution in [0.3, 0.4) is 0 Å². The molecular formula is C16H21F3N4O2S2. The van der Waals surface area contributed by atoms with Crippen molar-refractivity contribution in [1.82, 2.24) is 14.7 Å². The third-order valence-electron chi connectivity index (χ3n) is 4.69. The topological polar surface area (TPSA) is 84.0 Å². The second-order valence-electron chi connectivity index (χ2n) is 6.65. The standard InChI is InChI=1S/C16H21F3N4O2S2/c1-2-27(24,25)20-9-10-3-5-11(6-4-10)21-15-22-12-7-8-13(16(17,18)19)23-14(12)26-15/h7-8,10-11,20H,2-6,9H2,1H3,(H,21,22). The van der Waals surface area contributed by atoms with E-state index in [0.29, 0.717) is 23.1 Å². The van der Waals surface area contributed by atoms with Crippen LogP contribution in [-0.4, -0.2) is 36.7 Å². The first kappa shape index (κ1) is 20.3. The van der Waals surface area contributed by atoms with Crippen LogP contribution in [0.15, 0.2) is 12.1 Å². The summed E-state index contributed by atoms with van der Waals surface area (Å²) in [6, 6.07) is 2.45. The quantitative estimate of drug-likeness (QED) is 0.743. The molecule has 2 aromatic rings. The lowest BCUT2D eigenvalue weighted by atomic mass is 9.86. The summed E-state index contributed by atoms with van der Waals surface area (Å²) in [6.45, 7) is 2.06. The van der Waals surface area contributed by atoms with Crippen molar-refractivity contribution in [2.75, 3.05) is 17.6 Å². The number of sulfonamides is 1. The molecule has 0 aliphatic heterocycles. The van der Waals surface area contributed by atoms with Crippen molar-refractivity contribution in [3.05, 3.63) is 17.8 Å². The van der Waals surface area contributed by atoms with Gasteiger partial charge in [0.2, 0.25) is 10.0 Å². The highest BCUT2D eigenvalue weighted by atomic mass is 32.2. The molecule has 0 unspecified atom stereocenters. The molecule has 0 amide bonds. The van der Waals surface area contributed by atoms with E-state index in [1.165, 1.54) is 6.07 Å². The fourth-order valence-electron chi connectivity index (χ4n) is 3.07. The smallest absolute Gasteiger partial charge is 0.359 e. The number of alkyl halides is 3. The minimum atomic E-state index is -4.47. The van der Waals surface area contributed by atoms with Crippen LogP contribution in [0.4, 0.5) is 18.3 Å². The predicted molar refractivity (Wildman–Crippen MR) is 99.2 cm³/mol. The molecule has 0 spiro atoms. The molecular weight excluding hydrogens is 401 g/mol. The van der Waals surface area contributed by atoms with Crippen molar-refractivity contribution in [1.29, 1.82) is 0 Å². The van der Waals surface area contributed by atoms with Gasteiger partial charge < -0.3 is 5.32 Å². The molecule has 27 heavy (non-hydrogen) atoms. The molecule has 2 aromatic heterocycles. The fraction of sp³-hybridized carbons (Fsp3) is 0.625. The third kappa shape index (κ3) is 5.29. The van der Waals surface area contributed by atoms with E-state index >= 15 is 0 Å². The number of nitrogens with one attached hydrogen (secondary N) is 2. The molecule has 2 N–H and O–H groups in total. The first-order chi connectivity index (χ1) is 12.7. The molecule has 2 heterocycles. The van der Waals surface area contributed by atoms with Crippen molar-refractivity contribution < 1.29 is 21.6 Å². The average molecular weight is 422 g/mol. The van der Waals surface area contributed by atoms with Gasteiger partial charge in [0.1, 0.15) is 16.0 Å². The number of nitrogens with zero attached hydrogens (tertiary/aromatic N) is 2. The Kier molecular flexibility index (Phi) is 5.92. The Balaban J connectivity index is 1.56. The lowest BCUT2D eigenvalue weighted by Gasteiger charge is -2.29. The van der Waals surface area contributed by atoms with E-state index in [-0.39, 0.29) is 16.6 Å². The van der Waals surface area contributed by atoms with Crippen molar-refractivity contribution in [3.8, 4) is 0 Å². The second kappa shape index (κ2) is 7.88. The van der Waals surface area contributed by atoms with E-state index in [1.807, 2.05) is 0 Å². The maximum atomic E-state index is 12.8. The van der Waals surface area contributed by atoms with Crippen molar-refractivity contribution in [3.63, 3.8) is 0 Å². The summed E-state index contributed by atoms with van der Waals surface area (Å²) in [4.78, 5) is 8.23. The number of hydrogen-bond acceptors (Lipinski definition) is 6. The van der Waals surface area contributed by atoms with Crippen LogP contribution < -0.4 is 10.0 Å². The zero-order valence-electron chi connectivity index (χ0n) is 14.7. The lowest BCUT2D eigenvalue weighted by molar-refractivity contribution is -0.140. The van der Waals surface area contributed by atoms with Crippen LogP contribution in [-0.2, 0) is 16.2 Å². The molecule has 1 aliphatic rings. The number of fused-ring (bicyclic) bond motifs is 1. The van der Waals surface area contributed by atoms with Gasteiger partial charge in [0, 0.05) is 12.6 Å². The second-order valence-corrected chi connectivity index (χ2v) is 9.72. The van der Waals surface area contributed by atoms with Crippen LogP contribution in [0.1, 0.15) is 38.3 Å². The van der Waals surface area contributed by atoms with Crippen molar-refractivity contribution >= 4 is 36.8 Å². The first-order valence-electron chi connectivity index (χ1n) is 8.75. The number of aromatic nitrogens is 2. The van der Waals surface area contributed by atoms with E-state index in [9.17, 15) is 21.6 Å². The number of hydrogen-bond donors (Lipinski definition) is 2. The maximum absolute atomic E-state index is 12.8. The summed E-state index contributed by atoms with van der Waals surface area (Å²) in [5.74, 6) is 0.377. The van der Waals surface area contributed by atoms with Crippen LogP contribution in [0.25, 0.3) is 10.3 Å². The van der Waals surface area contributed by atoms with Crippen LogP contribution >= 0.6 is 11.3 Å². The molecule has 1 aliphatic carbocycles. The molecule has 0 radical (unpaired) electrons. The lowest BCUT2D eigenvalue weighted by Crippen LogP contribution is -2.34. The Morgan fingerprint density at radius 3 is 2.52 bits per heavy atom. The Morgan fingerprint density at radius 2 is 1.89 bits per heavy atom. The molecule has 3 rings (SSSR count). The summed E-state index contributed by atoms with van der Waals surface area (Å²) in [7, 11) is -3.17. The monoisotopic (exact) mass is 422 g/mol. The van der Waals surface area contributed by atoms with Gasteiger partial charge in [-0.1, -0.05) is 11.3 Å². The number of halogens is 3. The Morgan fingerprint density at radius 1 is 1.19 bits per heavy atom. The highest BCUT2D eigenvalue weighted by Gasteiger charge is 2.33. The number of thiazole rings is 1. The van der Waals surface area contributed by atoms with Gasteiger partial charge in [-0.15, -0.1) is 0 Å². The maximum Gasteiger partial charge on any atom is 0.433 e. The summed E-state index contributed by atoms with van der Waals surface area (Å²) in [5, 5.41) is 3.84. The minimum absolute atomic E-state index is 0.0750. The summed E-state index contributed by atoms with van der Waals surface area (Å²) in [5.41, 5.74) is -0.474. The zero-order chi connectivity index (χ0) is 19.7. The molecule has 0 bridgehead atoms. The van der Waals surface area contributed by atoms with Gasteiger partial charge in [-0.05, 0) is 50.7 Å². The van der Waals surface area contributed by atoms with E-state index < -0.39 is 21.9 Å². The normalized spacial score (nSPS) is 21.5. The van der Waals surface area contributed by atoms with Gasteiger partial charge in [0.15, 0.2) is 5.13 Å². The zero-order valence-corrected chi connectivity index (χ0v) is 16.3. The first-order valence-corrected chi connectivity index (χ1v) is 11.2. The Hall–Kier alpha value is -1.46. The Labute approximate surface area is 159 Å². The molecule has 0 atom stereocenters. The summed E-state index contributed by atoms with van der Waals surface area (Å²) < 4.78 is 63.9. The van der Waals surface area contributed by atoms with Gasteiger partial charge in [-0.25, -0.2) is 23.1 Å². The SMILES string of the molecule is CCS(=O)(=O)NCC1CCC(Nc2nc3ccc(C(F)(F)F)nc3s2)CC1. The van der Waals surface area contributed by atoms with Gasteiger partial charge in [-0.2, -0.15) is 13.2 Å². The van der Waals surface area contributed by atoms with Gasteiger partial charge >= 0.3 is 6.18 Å². The van der Waals surface area contributed by atoms with Crippen molar-refractivity contribution in [2.24, 2.45) is 5.92 Å². The van der Waals surface area contributed by atoms with Gasteiger partial charge in [0.05, 0.1) is 5.75 Å². The highest BCUT2D eigenvalue weighted by Crippen LogP contribution is 2.33. The predicted octanol–water partition coefficient (Wildman–Crippen LogP) is 3.62. The molecule has 6 nitrogen and oxygen atoms in total. The van der Waals surface area contributed by atoms with E-state index in [1.54, 1.807) is 6.92 Å². The molecule has 1 saturated carbocycles. The highest BCUT2D eigenvalue weighted by molar-refractivity contribution is 7.89. The third-order valence-corrected chi connectivity index (χ3v) is 6.96. The Bertz CT molecular complexity index is 891. The van der Waals surface area contributed by atoms with Crippen LogP contribution in [0, 0.1) is 5.92 Å².